The Labute approximate surface area is 484 Å². The molecular formula is C59H84N16O5P2. The molecule has 0 unspecified atom stereocenters. The number of hydrogen-bond acceptors (Lipinski definition) is 20. The number of piperidine rings is 2. The number of likely N-dealkylation sites (N-methyl/N-ethyl adjacent to an activating group) is 2. The molecule has 0 amide bonds. The van der Waals surface area contributed by atoms with E-state index in [1.54, 1.807) is 45.1 Å². The molecule has 6 heterocycles. The van der Waals surface area contributed by atoms with Gasteiger partial charge in [0.1, 0.15) is 31.6 Å². The summed E-state index contributed by atoms with van der Waals surface area (Å²) in [4.78, 5) is 44.5. The zero-order chi connectivity index (χ0) is 58.7. The van der Waals surface area contributed by atoms with Crippen LogP contribution < -0.4 is 47.4 Å². The number of aromatic nitrogens is 4. The van der Waals surface area contributed by atoms with Crippen LogP contribution >= 0.6 is 14.3 Å². The number of nitrogens with one attached hydrogen (secondary N) is 4. The summed E-state index contributed by atoms with van der Waals surface area (Å²) in [6.45, 7) is 23.5. The minimum atomic E-state index is -2.51. The van der Waals surface area contributed by atoms with Crippen LogP contribution in [0.5, 0.6) is 0 Å². The van der Waals surface area contributed by atoms with Crippen LogP contribution in [-0.2, 0) is 9.13 Å². The molecule has 0 saturated carbocycles. The summed E-state index contributed by atoms with van der Waals surface area (Å²) in [5, 5.41) is 33.7. The second-order valence-electron chi connectivity index (χ2n) is 22.5. The van der Waals surface area contributed by atoms with Crippen LogP contribution in [0, 0.1) is 24.0 Å². The fourth-order valence-electron chi connectivity index (χ4n) is 11.1. The van der Waals surface area contributed by atoms with Crippen molar-refractivity contribution in [1.82, 2.24) is 39.5 Å². The number of aliphatic hydroxyl groups excluding tert-OH is 1. The van der Waals surface area contributed by atoms with E-state index in [1.165, 1.54) is 25.9 Å². The van der Waals surface area contributed by atoms with Crippen molar-refractivity contribution in [2.75, 3.05) is 163 Å². The highest BCUT2D eigenvalue weighted by atomic mass is 31.2. The number of nitro benzene ring substituents is 1. The van der Waals surface area contributed by atoms with Crippen LogP contribution in [-0.4, -0.2) is 188 Å². The zero-order valence-electron chi connectivity index (χ0n) is 49.2. The number of nitrogen functional groups attached to an aromatic ring is 1. The van der Waals surface area contributed by atoms with Gasteiger partial charge in [-0.15, -0.1) is 0 Å². The van der Waals surface area contributed by atoms with Gasteiger partial charge in [-0.05, 0) is 135 Å². The van der Waals surface area contributed by atoms with Crippen molar-refractivity contribution in [3.8, 4) is 0 Å². The maximum Gasteiger partial charge on any atom is 0.294 e. The van der Waals surface area contributed by atoms with Gasteiger partial charge in [-0.2, -0.15) is 9.97 Å². The SMILES string of the molecule is CO.Cc1cnc(Nc2ccc(N3CCC(N4CCN(C)CC4)CC3)c(N)c2)nc1Nc1ccccc1P(C)(C)=O.Cc1cnc(Nc2ccc(N3CCC(N4CCN(C)CC4)CC3)c([N+](=O)[O-])c2)nc1Nc1ccccc1P(C)(C)=O. The fourth-order valence-corrected chi connectivity index (χ4v) is 13.4. The molecule has 82 heavy (non-hydrogen) atoms. The van der Waals surface area contributed by atoms with Crippen LogP contribution in [0.3, 0.4) is 0 Å². The van der Waals surface area contributed by atoms with E-state index in [-0.39, 0.29) is 10.6 Å². The molecule has 0 radical (unpaired) electrons. The number of piperazine rings is 2. The van der Waals surface area contributed by atoms with E-state index in [2.05, 4.69) is 85.8 Å². The van der Waals surface area contributed by atoms with Gasteiger partial charge in [-0.3, -0.25) is 19.9 Å². The third-order valence-electron chi connectivity index (χ3n) is 15.8. The number of hydrogen-bond donors (Lipinski definition) is 6. The van der Waals surface area contributed by atoms with E-state index in [1.807, 2.05) is 86.6 Å². The lowest BCUT2D eigenvalue weighted by Gasteiger charge is -2.42. The van der Waals surface area contributed by atoms with Crippen molar-refractivity contribution in [3.05, 3.63) is 119 Å². The molecule has 6 aromatic rings. The normalized spacial score (nSPS) is 17.2. The average molecular weight is 1160 g/mol. The van der Waals surface area contributed by atoms with Crippen LogP contribution in [0.1, 0.15) is 36.8 Å². The molecule has 0 bridgehead atoms. The highest BCUT2D eigenvalue weighted by molar-refractivity contribution is 7.70. The first-order valence-electron chi connectivity index (χ1n) is 28.3. The first-order chi connectivity index (χ1) is 39.2. The number of para-hydroxylation sites is 2. The van der Waals surface area contributed by atoms with Gasteiger partial charge >= 0.3 is 0 Å². The third kappa shape index (κ3) is 15.9. The first-order valence-corrected chi connectivity index (χ1v) is 33.5. The van der Waals surface area contributed by atoms with Crippen LogP contribution in [0.4, 0.5) is 69.0 Å². The molecular weight excluding hydrogens is 1070 g/mol. The predicted octanol–water partition coefficient (Wildman–Crippen LogP) is 8.57. The Hall–Kier alpha value is -6.70. The van der Waals surface area contributed by atoms with E-state index >= 15 is 0 Å². The third-order valence-corrected chi connectivity index (χ3v) is 18.9. The maximum absolute atomic E-state index is 12.8. The standard InChI is InChI=1S/C29H39N8O3P.C29H41N8OP.CH4O/c1-21-20-30-29(33-28(21)32-24-7-5-6-8-27(24)41(3,4)40)31-22-9-10-25(26(19-22)37(38)39)36-13-11-23(12-14-36)35-17-15-34(2)16-18-35;1-21-20-31-29(34-28(21)33-25-7-5-6-8-27(25)39(3,4)38)32-22-9-10-26(24(30)19-22)37-13-11-23(12-14-37)36-17-15-35(2)16-18-36;1-2/h5-10,19-20,23H,11-18H2,1-4H3,(H2,30,31,32,33);5-10,19-20,23H,11-18,30H2,1-4H3,(H2,31,32,33,34);2H,1H3. The van der Waals surface area contributed by atoms with Crippen molar-refractivity contribution in [2.45, 2.75) is 51.6 Å². The molecule has 7 N–H and O–H groups in total. The van der Waals surface area contributed by atoms with Crippen molar-refractivity contribution >= 4 is 93.9 Å². The Morgan fingerprint density at radius 3 is 1.35 bits per heavy atom. The van der Waals surface area contributed by atoms with E-state index in [0.717, 1.165) is 136 Å². The number of aliphatic hydroxyl groups is 1. The lowest BCUT2D eigenvalue weighted by atomic mass is 10.0. The number of nitro groups is 1. The number of benzene rings is 4. The molecule has 10 rings (SSSR count). The van der Waals surface area contributed by atoms with Crippen LogP contribution in [0.2, 0.25) is 0 Å². The minimum absolute atomic E-state index is 0.0640. The highest BCUT2D eigenvalue weighted by Crippen LogP contribution is 2.40. The largest absolute Gasteiger partial charge is 0.400 e. The fraction of sp³-hybridized carbons (Fsp3) is 0.458. The summed E-state index contributed by atoms with van der Waals surface area (Å²) in [5.74, 6) is 2.01. The molecule has 2 aromatic heterocycles. The molecule has 23 heteroatoms. The number of nitrogens with two attached hydrogens (primary N) is 1. The maximum atomic E-state index is 12.8. The van der Waals surface area contributed by atoms with Crippen LogP contribution in [0.25, 0.3) is 0 Å². The highest BCUT2D eigenvalue weighted by Gasteiger charge is 2.31. The summed E-state index contributed by atoms with van der Waals surface area (Å²) < 4.78 is 25.6. The van der Waals surface area contributed by atoms with Gasteiger partial charge in [0.05, 0.1) is 27.7 Å². The molecule has 4 saturated heterocycles. The molecule has 4 aliphatic heterocycles. The Morgan fingerprint density at radius 1 is 0.561 bits per heavy atom. The molecule has 4 aromatic carbocycles. The number of rotatable bonds is 15. The number of anilines is 11. The second-order valence-corrected chi connectivity index (χ2v) is 28.9. The Balaban J connectivity index is 0.000000209. The minimum Gasteiger partial charge on any atom is -0.400 e. The molecule has 4 fully saturated rings. The summed E-state index contributed by atoms with van der Waals surface area (Å²) in [6.07, 6.45) is 7.81. The molecule has 21 nitrogen and oxygen atoms in total. The van der Waals surface area contributed by atoms with E-state index in [0.29, 0.717) is 47.0 Å². The zero-order valence-corrected chi connectivity index (χ0v) is 51.0. The summed E-state index contributed by atoms with van der Waals surface area (Å²) in [6, 6.07) is 27.7. The number of nitrogens with zero attached hydrogens (tertiary/aromatic N) is 11. The summed E-state index contributed by atoms with van der Waals surface area (Å²) >= 11 is 0. The van der Waals surface area contributed by atoms with Gasteiger partial charge in [-0.25, -0.2) is 9.97 Å². The van der Waals surface area contributed by atoms with Gasteiger partial charge in [0, 0.05) is 149 Å². The Morgan fingerprint density at radius 2 is 0.951 bits per heavy atom. The molecule has 0 aliphatic carbocycles. The van der Waals surface area contributed by atoms with Crippen molar-refractivity contribution in [2.24, 2.45) is 0 Å². The second kappa shape index (κ2) is 27.6. The van der Waals surface area contributed by atoms with Gasteiger partial charge < -0.3 is 60.8 Å². The molecule has 0 spiro atoms. The molecule has 440 valence electrons. The van der Waals surface area contributed by atoms with E-state index < -0.39 is 14.3 Å². The van der Waals surface area contributed by atoms with Gasteiger partial charge in [0.2, 0.25) is 11.9 Å². The van der Waals surface area contributed by atoms with Gasteiger partial charge in [-0.1, -0.05) is 24.3 Å². The van der Waals surface area contributed by atoms with Crippen LogP contribution in [0.15, 0.2) is 97.3 Å². The Bertz CT molecular complexity index is 3220. The lowest BCUT2D eigenvalue weighted by molar-refractivity contribution is -0.384. The van der Waals surface area contributed by atoms with Gasteiger partial charge in [0.25, 0.3) is 5.69 Å². The van der Waals surface area contributed by atoms with Crippen molar-refractivity contribution in [1.29, 1.82) is 0 Å². The first kappa shape index (κ1) is 61.4. The summed E-state index contributed by atoms with van der Waals surface area (Å²) in [7, 11) is 0.405. The lowest BCUT2D eigenvalue weighted by Crippen LogP contribution is -2.52. The quantitative estimate of drug-likeness (QED) is 0.0244. The van der Waals surface area contributed by atoms with Crippen molar-refractivity contribution < 1.29 is 19.2 Å². The summed E-state index contributed by atoms with van der Waals surface area (Å²) in [5.41, 5.74) is 13.7. The number of aryl methyl sites for hydroxylation is 2. The van der Waals surface area contributed by atoms with E-state index in [4.69, 9.17) is 15.8 Å². The van der Waals surface area contributed by atoms with E-state index in [9.17, 15) is 19.2 Å². The Kier molecular flexibility index (Phi) is 20.6. The molecule has 0 atom stereocenters. The monoisotopic (exact) mass is 1160 g/mol. The van der Waals surface area contributed by atoms with Crippen molar-refractivity contribution in [3.63, 3.8) is 0 Å². The van der Waals surface area contributed by atoms with Gasteiger partial charge in [0.15, 0.2) is 0 Å². The molecule has 4 aliphatic rings. The smallest absolute Gasteiger partial charge is 0.294 e. The predicted molar refractivity (Wildman–Crippen MR) is 338 cm³/mol. The average Bonchev–Trinajstić information content (AvgIpc) is 3.66. The topological polar surface area (TPSA) is 243 Å².